The van der Waals surface area contributed by atoms with Crippen LogP contribution in [0.15, 0.2) is 132 Å². The van der Waals surface area contributed by atoms with Gasteiger partial charge in [0.15, 0.2) is 0 Å². The number of imide groups is 1. The van der Waals surface area contributed by atoms with E-state index in [-0.39, 0.29) is 18.0 Å². The maximum absolute atomic E-state index is 14.6. The van der Waals surface area contributed by atoms with E-state index in [0.717, 1.165) is 37.2 Å². The fourth-order valence-corrected chi connectivity index (χ4v) is 10.2. The van der Waals surface area contributed by atoms with Gasteiger partial charge in [-0.3, -0.25) is 4.79 Å². The number of aromatic amines is 1. The molecule has 4 aromatic carbocycles. The van der Waals surface area contributed by atoms with Crippen LogP contribution in [0, 0.1) is 0 Å². The summed E-state index contributed by atoms with van der Waals surface area (Å²) in [6.07, 6.45) is 0.890. The normalized spacial score (nSPS) is 13.1. The Labute approximate surface area is 320 Å². The number of nitrogens with two attached hydrogens (primary N) is 1. The number of aromatic nitrogens is 2. The molecule has 14 heteroatoms. The van der Waals surface area contributed by atoms with Crippen molar-refractivity contribution in [2.75, 3.05) is 13.7 Å². The Hall–Kier alpha value is -5.22. The van der Waals surface area contributed by atoms with E-state index in [2.05, 4.69) is 9.97 Å². The summed E-state index contributed by atoms with van der Waals surface area (Å²) in [5, 5.41) is 11.8. The van der Waals surface area contributed by atoms with Gasteiger partial charge in [-0.2, -0.15) is 4.31 Å². The van der Waals surface area contributed by atoms with E-state index in [9.17, 15) is 23.1 Å². The minimum atomic E-state index is -4.20. The average molecular weight is 780 g/mol. The summed E-state index contributed by atoms with van der Waals surface area (Å²) in [6.45, 7) is -0.770. The lowest BCUT2D eigenvalue weighted by Crippen LogP contribution is -2.49. The number of aliphatic hydroxyl groups excluding tert-OH is 1. The van der Waals surface area contributed by atoms with E-state index in [1.807, 2.05) is 84.9 Å². The second-order valence-electron chi connectivity index (χ2n) is 12.6. The number of thiophene rings is 1. The molecule has 0 aliphatic rings. The molecule has 0 unspecified atom stereocenters. The third-order valence-corrected chi connectivity index (χ3v) is 13.2. The summed E-state index contributed by atoms with van der Waals surface area (Å²) in [6, 6.07) is 32.4. The number of hydrogen-bond acceptors (Lipinski definition) is 10. The third kappa shape index (κ3) is 7.44. The summed E-state index contributed by atoms with van der Waals surface area (Å²) >= 11 is 2.53. The van der Waals surface area contributed by atoms with Crippen LogP contribution in [-0.4, -0.2) is 64.5 Å². The van der Waals surface area contributed by atoms with Crippen molar-refractivity contribution in [2.24, 2.45) is 5.73 Å². The molecule has 0 saturated heterocycles. The number of nitrogens with zero attached hydrogens (tertiary/aromatic N) is 3. The Morgan fingerprint density at radius 3 is 2.28 bits per heavy atom. The number of ether oxygens (including phenoxy) is 1. The van der Waals surface area contributed by atoms with Crippen LogP contribution in [0.5, 0.6) is 0 Å². The van der Waals surface area contributed by atoms with E-state index in [1.165, 1.54) is 40.2 Å². The Kier molecular flexibility index (Phi) is 11.0. The SMILES string of the molecule is COC(=O)N(Cc1ccc([C@@H](CO)N(Cc2c[nH]c3ccccc23)S(=O)(=O)c2ccc3ncsc3c2)s1)C(=O)[C@@H](N)C(c1ccccc1)c1ccccc1. The molecule has 0 radical (unpaired) electrons. The Balaban J connectivity index is 1.22. The van der Waals surface area contributed by atoms with Crippen LogP contribution in [0.4, 0.5) is 4.79 Å². The quantitative estimate of drug-likeness (QED) is 0.113. The molecule has 2 amide bonds. The minimum absolute atomic E-state index is 0.0481. The largest absolute Gasteiger partial charge is 0.452 e. The number of hydrogen-bond donors (Lipinski definition) is 3. The monoisotopic (exact) mass is 779 g/mol. The highest BCUT2D eigenvalue weighted by Crippen LogP contribution is 2.36. The predicted octanol–water partition coefficient (Wildman–Crippen LogP) is 7.02. The average Bonchev–Trinajstić information content (AvgIpc) is 3.97. The van der Waals surface area contributed by atoms with Gasteiger partial charge in [-0.1, -0.05) is 78.9 Å². The number of sulfonamides is 1. The molecule has 0 bridgehead atoms. The Morgan fingerprint density at radius 2 is 1.59 bits per heavy atom. The maximum Gasteiger partial charge on any atom is 0.416 e. The van der Waals surface area contributed by atoms with Gasteiger partial charge in [-0.05, 0) is 53.1 Å². The van der Waals surface area contributed by atoms with Gasteiger partial charge in [-0.25, -0.2) is 23.1 Å². The van der Waals surface area contributed by atoms with E-state index in [0.29, 0.717) is 15.3 Å². The second-order valence-corrected chi connectivity index (χ2v) is 16.6. The molecular weight excluding hydrogens is 743 g/mol. The first-order valence-electron chi connectivity index (χ1n) is 17.0. The highest BCUT2D eigenvalue weighted by atomic mass is 32.2. The number of aliphatic hydroxyl groups is 1. The van der Waals surface area contributed by atoms with Crippen molar-refractivity contribution in [1.29, 1.82) is 0 Å². The summed E-state index contributed by atoms with van der Waals surface area (Å²) in [5.74, 6) is -1.20. The Bertz CT molecular complexity index is 2460. The van der Waals surface area contributed by atoms with Crippen molar-refractivity contribution in [3.05, 3.63) is 153 Å². The van der Waals surface area contributed by atoms with Crippen molar-refractivity contribution >= 4 is 65.8 Å². The Morgan fingerprint density at radius 1 is 0.907 bits per heavy atom. The number of para-hydroxylation sites is 1. The lowest BCUT2D eigenvalue weighted by atomic mass is 9.85. The number of thiazole rings is 1. The van der Waals surface area contributed by atoms with Gasteiger partial charge in [-0.15, -0.1) is 22.7 Å². The van der Waals surface area contributed by atoms with E-state index in [1.54, 1.807) is 36.0 Å². The molecule has 0 aliphatic carbocycles. The van der Waals surface area contributed by atoms with Crippen LogP contribution in [0.3, 0.4) is 0 Å². The molecular formula is C40H37N5O6S3. The van der Waals surface area contributed by atoms with Crippen molar-refractivity contribution < 1.29 is 27.9 Å². The van der Waals surface area contributed by atoms with Gasteiger partial charge in [0.2, 0.25) is 15.9 Å². The molecule has 0 aliphatic heterocycles. The van der Waals surface area contributed by atoms with Gasteiger partial charge >= 0.3 is 6.09 Å². The number of carbonyl (C=O) groups excluding carboxylic acids is 2. The summed E-state index contributed by atoms with van der Waals surface area (Å²) < 4.78 is 36.2. The van der Waals surface area contributed by atoms with Gasteiger partial charge in [0, 0.05) is 39.3 Å². The van der Waals surface area contributed by atoms with Gasteiger partial charge in [0.05, 0.1) is 53.0 Å². The second kappa shape index (κ2) is 16.0. The smallest absolute Gasteiger partial charge is 0.416 e. The molecule has 276 valence electrons. The fraction of sp³-hybridized carbons (Fsp3) is 0.175. The molecule has 3 aromatic heterocycles. The van der Waals surface area contributed by atoms with Gasteiger partial charge < -0.3 is 20.6 Å². The lowest BCUT2D eigenvalue weighted by Gasteiger charge is -2.29. The number of benzene rings is 4. The predicted molar refractivity (Wildman–Crippen MR) is 210 cm³/mol. The molecule has 0 fully saturated rings. The van der Waals surface area contributed by atoms with Crippen LogP contribution < -0.4 is 5.73 Å². The lowest BCUT2D eigenvalue weighted by molar-refractivity contribution is -0.131. The highest BCUT2D eigenvalue weighted by Gasteiger charge is 2.37. The number of methoxy groups -OCH3 is 1. The van der Waals surface area contributed by atoms with Gasteiger partial charge in [0.1, 0.15) is 0 Å². The number of H-pyrrole nitrogens is 1. The molecule has 4 N–H and O–H groups in total. The molecule has 2 atom stereocenters. The van der Waals surface area contributed by atoms with Crippen molar-refractivity contribution in [3.8, 4) is 0 Å². The molecule has 7 aromatic rings. The van der Waals surface area contributed by atoms with Crippen LogP contribution in [0.1, 0.15) is 38.4 Å². The van der Waals surface area contributed by atoms with E-state index < -0.39 is 46.6 Å². The molecule has 11 nitrogen and oxygen atoms in total. The topological polar surface area (TPSA) is 159 Å². The van der Waals surface area contributed by atoms with Crippen LogP contribution in [0.25, 0.3) is 21.1 Å². The maximum atomic E-state index is 14.6. The van der Waals surface area contributed by atoms with E-state index in [4.69, 9.17) is 10.5 Å². The van der Waals surface area contributed by atoms with Crippen LogP contribution in [0.2, 0.25) is 0 Å². The van der Waals surface area contributed by atoms with Gasteiger partial charge in [0.25, 0.3) is 0 Å². The minimum Gasteiger partial charge on any atom is -0.452 e. The summed E-state index contributed by atoms with van der Waals surface area (Å²) in [7, 11) is -3.01. The zero-order chi connectivity index (χ0) is 37.8. The first-order chi connectivity index (χ1) is 26.2. The third-order valence-electron chi connectivity index (χ3n) is 9.38. The zero-order valence-electron chi connectivity index (χ0n) is 29.1. The van der Waals surface area contributed by atoms with Crippen molar-refractivity contribution in [2.45, 2.75) is 36.0 Å². The first kappa shape index (κ1) is 37.1. The number of rotatable bonds is 13. The molecule has 3 heterocycles. The number of nitrogens with one attached hydrogen (secondary N) is 1. The standard InChI is InChI=1S/C40H37N5O6S3/c1-51-40(48)44(39(47)38(41)37(26-10-4-2-5-11-26)27-12-6-3-7-13-27)23-29-16-19-35(53-29)34(24-46)45(22-28-21-42-32-15-9-8-14-31(28)32)54(49,50)30-17-18-33-36(20-30)52-25-43-33/h2-21,25,34,37-38,42,46H,22-24,41H2,1H3/t34-,38+/m1/s1. The number of carbonyl (C=O) groups is 2. The summed E-state index contributed by atoms with van der Waals surface area (Å²) in [5.41, 5.74) is 12.3. The molecule has 7 rings (SSSR count). The van der Waals surface area contributed by atoms with E-state index >= 15 is 0 Å². The zero-order valence-corrected chi connectivity index (χ0v) is 31.6. The molecule has 54 heavy (non-hydrogen) atoms. The number of fused-ring (bicyclic) bond motifs is 2. The molecule has 0 spiro atoms. The van der Waals surface area contributed by atoms with Crippen LogP contribution in [-0.2, 0) is 32.6 Å². The first-order valence-corrected chi connectivity index (χ1v) is 20.2. The van der Waals surface area contributed by atoms with Crippen molar-refractivity contribution in [3.63, 3.8) is 0 Å². The fourth-order valence-electron chi connectivity index (χ4n) is 6.65. The summed E-state index contributed by atoms with van der Waals surface area (Å²) in [4.78, 5) is 37.0. The number of amides is 2. The van der Waals surface area contributed by atoms with Crippen LogP contribution >= 0.6 is 22.7 Å². The van der Waals surface area contributed by atoms with Crippen molar-refractivity contribution in [1.82, 2.24) is 19.2 Å². The molecule has 0 saturated carbocycles. The highest BCUT2D eigenvalue weighted by molar-refractivity contribution is 7.89.